The monoisotopic (exact) mass is 437 g/mol. The summed E-state index contributed by atoms with van der Waals surface area (Å²) in [6.45, 7) is 0. The molecule has 2 aromatic carbocycles. The highest BCUT2D eigenvalue weighted by molar-refractivity contribution is 9.10. The number of allylic oxidation sites excluding steroid dienone is 1. The molecule has 0 atom stereocenters. The molecule has 0 spiro atoms. The lowest BCUT2D eigenvalue weighted by molar-refractivity contribution is -0.143. The van der Waals surface area contributed by atoms with E-state index in [4.69, 9.17) is 0 Å². The van der Waals surface area contributed by atoms with Gasteiger partial charge in [0.05, 0.1) is 11.1 Å². The highest BCUT2D eigenvalue weighted by Crippen LogP contribution is 2.37. The highest BCUT2D eigenvalue weighted by Gasteiger charge is 2.36. The van der Waals surface area contributed by atoms with Crippen molar-refractivity contribution in [3.63, 3.8) is 0 Å². The van der Waals surface area contributed by atoms with E-state index in [-0.39, 0.29) is 6.07 Å². The van der Waals surface area contributed by atoms with Gasteiger partial charge in [-0.2, -0.15) is 26.3 Å². The molecule has 138 valence electrons. The summed E-state index contributed by atoms with van der Waals surface area (Å²) >= 11 is 3.20. The molecule has 0 fully saturated rings. The van der Waals surface area contributed by atoms with Crippen LogP contribution in [0.4, 0.5) is 32.0 Å². The Kier molecular flexibility index (Phi) is 5.80. The summed E-state index contributed by atoms with van der Waals surface area (Å²) in [6.07, 6.45) is -7.87. The SMILES string of the molecule is O=C(/C=C/Nc1cc(C(F)(F)F)cc(C(F)(F)F)c1)c1ccc(Br)cc1. The number of hydrogen-bond acceptors (Lipinski definition) is 2. The topological polar surface area (TPSA) is 29.1 Å². The average molecular weight is 438 g/mol. The summed E-state index contributed by atoms with van der Waals surface area (Å²) in [7, 11) is 0. The number of ketones is 1. The molecule has 9 heteroatoms. The molecule has 0 heterocycles. The molecule has 0 saturated carbocycles. The smallest absolute Gasteiger partial charge is 0.362 e. The molecule has 2 nitrogen and oxygen atoms in total. The minimum atomic E-state index is -4.94. The minimum Gasteiger partial charge on any atom is -0.362 e. The maximum absolute atomic E-state index is 12.8. The third-order valence-electron chi connectivity index (χ3n) is 3.20. The maximum atomic E-state index is 12.8. The van der Waals surface area contributed by atoms with Crippen molar-refractivity contribution in [3.05, 3.63) is 75.9 Å². The fourth-order valence-electron chi connectivity index (χ4n) is 1.96. The van der Waals surface area contributed by atoms with Gasteiger partial charge in [-0.05, 0) is 42.5 Å². The van der Waals surface area contributed by atoms with Crippen molar-refractivity contribution >= 4 is 27.4 Å². The van der Waals surface area contributed by atoms with E-state index in [1.54, 1.807) is 12.1 Å². The second kappa shape index (κ2) is 7.53. The highest BCUT2D eigenvalue weighted by atomic mass is 79.9. The van der Waals surface area contributed by atoms with Crippen molar-refractivity contribution in [3.8, 4) is 0 Å². The van der Waals surface area contributed by atoms with Gasteiger partial charge in [0.2, 0.25) is 0 Å². The normalized spacial score (nSPS) is 12.4. The average Bonchev–Trinajstić information content (AvgIpc) is 2.53. The molecular formula is C17H10BrF6NO. The molecule has 0 saturated heterocycles. The Hall–Kier alpha value is -2.29. The zero-order valence-corrected chi connectivity index (χ0v) is 14.3. The van der Waals surface area contributed by atoms with Crippen LogP contribution in [0.1, 0.15) is 21.5 Å². The van der Waals surface area contributed by atoms with Crippen molar-refractivity contribution in [2.45, 2.75) is 12.4 Å². The predicted octanol–water partition coefficient (Wildman–Crippen LogP) is 6.30. The van der Waals surface area contributed by atoms with Gasteiger partial charge in [-0.15, -0.1) is 0 Å². The van der Waals surface area contributed by atoms with Crippen LogP contribution in [-0.2, 0) is 12.4 Å². The van der Waals surface area contributed by atoms with Gasteiger partial charge >= 0.3 is 12.4 Å². The molecular weight excluding hydrogens is 428 g/mol. The molecule has 0 radical (unpaired) electrons. The standard InChI is InChI=1S/C17H10BrF6NO/c18-13-3-1-10(2-4-13)15(26)5-6-25-14-8-11(16(19,20)21)7-12(9-14)17(22,23)24/h1-9,25H/b6-5+. The van der Waals surface area contributed by atoms with Crippen molar-refractivity contribution in [1.82, 2.24) is 0 Å². The zero-order valence-electron chi connectivity index (χ0n) is 12.8. The predicted molar refractivity (Wildman–Crippen MR) is 87.7 cm³/mol. The Labute approximate surface area is 152 Å². The summed E-state index contributed by atoms with van der Waals surface area (Å²) < 4.78 is 77.4. The van der Waals surface area contributed by atoms with E-state index < -0.39 is 35.0 Å². The van der Waals surface area contributed by atoms with Crippen LogP contribution in [0.3, 0.4) is 0 Å². The van der Waals surface area contributed by atoms with Gasteiger partial charge in [0, 0.05) is 28.0 Å². The number of benzene rings is 2. The molecule has 0 amide bonds. The number of carbonyl (C=O) groups is 1. The summed E-state index contributed by atoms with van der Waals surface area (Å²) in [6, 6.07) is 7.37. The number of anilines is 1. The largest absolute Gasteiger partial charge is 0.416 e. The summed E-state index contributed by atoms with van der Waals surface area (Å²) in [5.41, 5.74) is -3.01. The van der Waals surface area contributed by atoms with Crippen LogP contribution >= 0.6 is 15.9 Å². The Morgan fingerprint density at radius 2 is 1.38 bits per heavy atom. The Morgan fingerprint density at radius 3 is 1.85 bits per heavy atom. The number of carbonyl (C=O) groups excluding carboxylic acids is 1. The van der Waals surface area contributed by atoms with Gasteiger partial charge in [0.1, 0.15) is 0 Å². The number of halogens is 7. The quantitative estimate of drug-likeness (QED) is 0.345. The van der Waals surface area contributed by atoms with Gasteiger partial charge in [-0.1, -0.05) is 15.9 Å². The van der Waals surface area contributed by atoms with E-state index in [2.05, 4.69) is 21.2 Å². The van der Waals surface area contributed by atoms with Gasteiger partial charge in [-0.25, -0.2) is 0 Å². The van der Waals surface area contributed by atoms with Crippen LogP contribution in [0.2, 0.25) is 0 Å². The molecule has 0 aliphatic rings. The Balaban J connectivity index is 2.23. The molecule has 26 heavy (non-hydrogen) atoms. The zero-order chi connectivity index (χ0) is 19.5. The van der Waals surface area contributed by atoms with Crippen molar-refractivity contribution in [1.29, 1.82) is 0 Å². The van der Waals surface area contributed by atoms with E-state index >= 15 is 0 Å². The number of alkyl halides is 6. The van der Waals surface area contributed by atoms with Crippen LogP contribution in [0.5, 0.6) is 0 Å². The molecule has 0 bridgehead atoms. The lowest BCUT2D eigenvalue weighted by Crippen LogP contribution is -2.11. The van der Waals surface area contributed by atoms with Gasteiger partial charge in [0.25, 0.3) is 0 Å². The van der Waals surface area contributed by atoms with Gasteiger partial charge in [0.15, 0.2) is 5.78 Å². The molecule has 0 aliphatic carbocycles. The molecule has 2 rings (SSSR count). The lowest BCUT2D eigenvalue weighted by Gasteiger charge is -2.14. The summed E-state index contributed by atoms with van der Waals surface area (Å²) in [5, 5.41) is 2.27. The minimum absolute atomic E-state index is 0.0296. The second-order valence-corrected chi connectivity index (χ2v) is 6.06. The van der Waals surface area contributed by atoms with Crippen LogP contribution in [0, 0.1) is 0 Å². The first kappa shape index (κ1) is 20.0. The van der Waals surface area contributed by atoms with Crippen molar-refractivity contribution in [2.24, 2.45) is 0 Å². The van der Waals surface area contributed by atoms with Crippen LogP contribution in [0.15, 0.2) is 59.2 Å². The van der Waals surface area contributed by atoms with Crippen LogP contribution in [0.25, 0.3) is 0 Å². The summed E-state index contributed by atoms with van der Waals surface area (Å²) in [4.78, 5) is 11.9. The second-order valence-electron chi connectivity index (χ2n) is 5.14. The lowest BCUT2D eigenvalue weighted by atomic mass is 10.1. The Bertz CT molecular complexity index is 792. The van der Waals surface area contributed by atoms with Crippen LogP contribution < -0.4 is 5.32 Å². The Morgan fingerprint density at radius 1 is 0.885 bits per heavy atom. The molecule has 1 N–H and O–H groups in total. The number of nitrogens with one attached hydrogen (secondary N) is 1. The fraction of sp³-hybridized carbons (Fsp3) is 0.118. The van der Waals surface area contributed by atoms with Crippen molar-refractivity contribution in [2.75, 3.05) is 5.32 Å². The summed E-state index contributed by atoms with van der Waals surface area (Å²) in [5.74, 6) is -0.465. The van der Waals surface area contributed by atoms with Crippen molar-refractivity contribution < 1.29 is 31.1 Å². The van der Waals surface area contributed by atoms with Gasteiger partial charge < -0.3 is 5.32 Å². The maximum Gasteiger partial charge on any atom is 0.416 e. The number of hydrogen-bond donors (Lipinski definition) is 1. The first-order valence-electron chi connectivity index (χ1n) is 6.99. The number of rotatable bonds is 4. The molecule has 0 aliphatic heterocycles. The van der Waals surface area contributed by atoms with E-state index in [9.17, 15) is 31.1 Å². The van der Waals surface area contributed by atoms with E-state index in [0.717, 1.165) is 16.7 Å². The molecule has 0 unspecified atom stereocenters. The van der Waals surface area contributed by atoms with E-state index in [1.807, 2.05) is 0 Å². The third kappa shape index (κ3) is 5.35. The van der Waals surface area contributed by atoms with Gasteiger partial charge in [-0.3, -0.25) is 4.79 Å². The fourth-order valence-corrected chi connectivity index (χ4v) is 2.23. The third-order valence-corrected chi connectivity index (χ3v) is 3.73. The van der Waals surface area contributed by atoms with E-state index in [1.165, 1.54) is 12.1 Å². The first-order chi connectivity index (χ1) is 12.0. The first-order valence-corrected chi connectivity index (χ1v) is 7.78. The molecule has 0 aromatic heterocycles. The molecule has 2 aromatic rings. The van der Waals surface area contributed by atoms with Crippen LogP contribution in [-0.4, -0.2) is 5.78 Å². The van der Waals surface area contributed by atoms with E-state index in [0.29, 0.717) is 17.7 Å².